The molecule has 12 rings (SSSR count). The highest BCUT2D eigenvalue weighted by atomic mass is 15.5. The molecule has 60 heavy (non-hydrogen) atoms. The summed E-state index contributed by atoms with van der Waals surface area (Å²) in [4.78, 5) is 58.7. The van der Waals surface area contributed by atoms with Gasteiger partial charge in [-0.15, -0.1) is 0 Å². The predicted molar refractivity (Wildman–Crippen MR) is 238 cm³/mol. The Morgan fingerprint density at radius 3 is 0.933 bits per heavy atom. The zero-order valence-corrected chi connectivity index (χ0v) is 34.6. The fraction of sp³-hybridized carbons (Fsp3) is 0.500. The lowest BCUT2D eigenvalue weighted by atomic mass is 10.1. The van der Waals surface area contributed by atoms with Crippen molar-refractivity contribution in [2.75, 3.05) is 144 Å². The zero-order chi connectivity index (χ0) is 40.5. The summed E-state index contributed by atoms with van der Waals surface area (Å²) in [6.45, 7) is 13.1. The number of hydrogen-bond donors (Lipinski definition) is 3. The van der Waals surface area contributed by atoms with E-state index in [1.165, 1.54) is 11.1 Å². The van der Waals surface area contributed by atoms with Gasteiger partial charge >= 0.3 is 0 Å². The molecule has 0 saturated carbocycles. The fourth-order valence-corrected chi connectivity index (χ4v) is 7.97. The van der Waals surface area contributed by atoms with Crippen LogP contribution in [0.2, 0.25) is 0 Å². The van der Waals surface area contributed by atoms with Gasteiger partial charge in [0.15, 0.2) is 0 Å². The lowest BCUT2D eigenvalue weighted by Crippen LogP contribution is -2.49. The quantitative estimate of drug-likeness (QED) is 0.148. The van der Waals surface area contributed by atoms with E-state index in [9.17, 15) is 0 Å². The minimum absolute atomic E-state index is 0.585. The first-order valence-electron chi connectivity index (χ1n) is 21.7. The number of nitrogens with zero attached hydrogens (tertiary/aromatic N) is 15. The molecule has 0 atom stereocenters. The Morgan fingerprint density at radius 1 is 0.367 bits per heavy atom. The predicted octanol–water partition coefficient (Wildman–Crippen LogP) is 3.45. The van der Waals surface area contributed by atoms with Gasteiger partial charge in [-0.1, -0.05) is 80.4 Å². The Bertz CT molecular complexity index is 1990. The summed E-state index contributed by atoms with van der Waals surface area (Å²) in [5, 5.41) is 10.5. The van der Waals surface area contributed by atoms with E-state index in [1.807, 2.05) is 12.1 Å². The van der Waals surface area contributed by atoms with Gasteiger partial charge in [0, 0.05) is 98.2 Å². The van der Waals surface area contributed by atoms with Crippen molar-refractivity contribution in [3.63, 3.8) is 0 Å². The second-order valence-corrected chi connectivity index (χ2v) is 15.7. The normalized spacial score (nSPS) is 16.3. The Labute approximate surface area is 351 Å². The van der Waals surface area contributed by atoms with Crippen LogP contribution < -0.4 is 45.3 Å². The Balaban J connectivity index is 1.02. The largest absolute Gasteiger partial charge is 0.354 e. The van der Waals surface area contributed by atoms with Crippen LogP contribution in [-0.2, 0) is 12.8 Å². The molecule has 3 N–H and O–H groups in total. The first kappa shape index (κ1) is 39.1. The average molecular weight is 813 g/mol. The summed E-state index contributed by atoms with van der Waals surface area (Å²) < 4.78 is 0. The molecule has 18 nitrogen and oxygen atoms in total. The summed E-state index contributed by atoms with van der Waals surface area (Å²) >= 11 is 0. The SMILES string of the molecule is CCCCCNc1nc2nc(n1)N1CCN(CC1)c1nc(NCCc3ccccc3)nc(n1)N1CCN(CC1)c1nc(NCCc3ccccc3)nc(n1)N1CCN2CC1. The van der Waals surface area contributed by atoms with Gasteiger partial charge in [-0.3, -0.25) is 0 Å². The van der Waals surface area contributed by atoms with Crippen molar-refractivity contribution in [2.24, 2.45) is 0 Å². The molecule has 314 valence electrons. The van der Waals surface area contributed by atoms with Crippen molar-refractivity contribution in [2.45, 2.75) is 39.0 Å². The van der Waals surface area contributed by atoms with Gasteiger partial charge < -0.3 is 45.3 Å². The summed E-state index contributed by atoms with van der Waals surface area (Å²) in [7, 11) is 0. The van der Waals surface area contributed by atoms with Gasteiger partial charge in [0.05, 0.1) is 0 Å². The van der Waals surface area contributed by atoms with E-state index in [-0.39, 0.29) is 0 Å². The van der Waals surface area contributed by atoms with Gasteiger partial charge in [0.1, 0.15) is 0 Å². The number of piperazine rings is 3. The van der Waals surface area contributed by atoms with E-state index in [4.69, 9.17) is 44.9 Å². The summed E-state index contributed by atoms with van der Waals surface area (Å²) in [5.41, 5.74) is 2.53. The number of fused-ring (bicyclic) bond motifs is 3. The van der Waals surface area contributed by atoms with E-state index in [2.05, 4.69) is 101 Å². The highest BCUT2D eigenvalue weighted by molar-refractivity contribution is 5.52. The van der Waals surface area contributed by atoms with E-state index < -0.39 is 0 Å². The Hall–Kier alpha value is -6.33. The van der Waals surface area contributed by atoms with Crippen molar-refractivity contribution in [3.8, 4) is 0 Å². The lowest BCUT2D eigenvalue weighted by molar-refractivity contribution is 0.612. The second-order valence-electron chi connectivity index (χ2n) is 15.7. The van der Waals surface area contributed by atoms with Gasteiger partial charge in [0.25, 0.3) is 0 Å². The van der Waals surface area contributed by atoms with Crippen molar-refractivity contribution >= 4 is 53.5 Å². The molecule has 0 spiro atoms. The van der Waals surface area contributed by atoms with Crippen LogP contribution in [0.15, 0.2) is 60.7 Å². The molecule has 0 amide bonds. The van der Waals surface area contributed by atoms with E-state index in [0.29, 0.717) is 92.8 Å². The number of nitrogens with one attached hydrogen (secondary N) is 3. The minimum atomic E-state index is 0.585. The second kappa shape index (κ2) is 18.7. The monoisotopic (exact) mass is 812 g/mol. The molecule has 10 heterocycles. The topological polar surface area (TPSA) is 172 Å². The van der Waals surface area contributed by atoms with Gasteiger partial charge in [-0.25, -0.2) is 0 Å². The van der Waals surface area contributed by atoms with Crippen LogP contribution in [0.3, 0.4) is 0 Å². The van der Waals surface area contributed by atoms with Crippen LogP contribution in [0.25, 0.3) is 0 Å². The first-order chi connectivity index (χ1) is 29.6. The molecule has 2 aromatic carbocycles. The Morgan fingerprint density at radius 2 is 0.650 bits per heavy atom. The third-order valence-corrected chi connectivity index (χ3v) is 11.5. The molecule has 3 saturated heterocycles. The highest BCUT2D eigenvalue weighted by Gasteiger charge is 2.29. The van der Waals surface area contributed by atoms with Crippen LogP contribution in [0.5, 0.6) is 0 Å². The van der Waals surface area contributed by atoms with Crippen molar-refractivity contribution in [1.29, 1.82) is 0 Å². The number of anilines is 9. The molecule has 0 aliphatic carbocycles. The van der Waals surface area contributed by atoms with Crippen molar-refractivity contribution < 1.29 is 0 Å². The maximum absolute atomic E-state index is 5.11. The Kier molecular flexibility index (Phi) is 12.2. The standard InChI is InChI=1S/C42H56N18/c1-2-3-10-17-43-34-46-37-52-38(47-34)56-22-26-58(27-23-56)40-49-36(45-19-16-33-13-8-5-9-14-33)51-42(54-40)60-30-28-59(29-31-60)41-50-35(44-18-15-32-11-6-4-7-12-32)48-39(53-41)57-24-20-55(37)21-25-57/h4-9,11-14H,2-3,10,15-31H2,1H3,(H,43,46,47,52)(H,44,48,50,53)(H,45,49,51,54). The summed E-state index contributed by atoms with van der Waals surface area (Å²) in [6.07, 6.45) is 5.10. The minimum Gasteiger partial charge on any atom is -0.354 e. The summed E-state index contributed by atoms with van der Waals surface area (Å²) in [5.74, 6) is 5.87. The molecular weight excluding hydrogens is 757 g/mol. The zero-order valence-electron chi connectivity index (χ0n) is 34.6. The molecule has 0 radical (unpaired) electrons. The maximum Gasteiger partial charge on any atom is 0.232 e. The average Bonchev–Trinajstić information content (AvgIpc) is 3.31. The molecular formula is C42H56N18. The van der Waals surface area contributed by atoms with Gasteiger partial charge in [-0.05, 0) is 30.4 Å². The lowest BCUT2D eigenvalue weighted by Gasteiger charge is -2.36. The molecule has 18 heteroatoms. The molecule has 0 unspecified atom stereocenters. The smallest absolute Gasteiger partial charge is 0.232 e. The van der Waals surface area contributed by atoms with Gasteiger partial charge in [0.2, 0.25) is 53.5 Å². The van der Waals surface area contributed by atoms with E-state index >= 15 is 0 Å². The van der Waals surface area contributed by atoms with Crippen molar-refractivity contribution in [1.82, 2.24) is 44.9 Å². The summed E-state index contributed by atoms with van der Waals surface area (Å²) in [6, 6.07) is 21.0. The third kappa shape index (κ3) is 9.58. The number of aromatic nitrogens is 9. The molecule has 7 aliphatic heterocycles. The third-order valence-electron chi connectivity index (χ3n) is 11.5. The van der Waals surface area contributed by atoms with E-state index in [1.54, 1.807) is 0 Å². The maximum atomic E-state index is 5.11. The fourth-order valence-electron chi connectivity index (χ4n) is 7.97. The number of rotatable bonds is 13. The number of unbranched alkanes of at least 4 members (excludes halogenated alkanes) is 2. The van der Waals surface area contributed by atoms with Crippen LogP contribution in [0, 0.1) is 0 Å². The molecule has 3 aromatic heterocycles. The molecule has 12 bridgehead atoms. The van der Waals surface area contributed by atoms with Crippen LogP contribution in [-0.4, -0.2) is 143 Å². The number of hydrogen-bond acceptors (Lipinski definition) is 18. The highest BCUT2D eigenvalue weighted by Crippen LogP contribution is 2.26. The van der Waals surface area contributed by atoms with Crippen LogP contribution >= 0.6 is 0 Å². The van der Waals surface area contributed by atoms with Gasteiger partial charge in [-0.2, -0.15) is 44.9 Å². The molecule has 5 aromatic rings. The van der Waals surface area contributed by atoms with Crippen LogP contribution in [0.1, 0.15) is 37.3 Å². The first-order valence-corrected chi connectivity index (χ1v) is 21.7. The van der Waals surface area contributed by atoms with Crippen LogP contribution in [0.4, 0.5) is 53.5 Å². The number of benzene rings is 2. The molecule has 3 fully saturated rings. The van der Waals surface area contributed by atoms with Crippen molar-refractivity contribution in [3.05, 3.63) is 71.8 Å². The molecule has 7 aliphatic rings. The van der Waals surface area contributed by atoms with E-state index in [0.717, 1.165) is 91.0 Å².